The Morgan fingerprint density at radius 2 is 2.15 bits per heavy atom. The molecule has 0 aromatic heterocycles. The molecule has 0 aromatic carbocycles. The molecule has 0 spiro atoms. The van der Waals surface area contributed by atoms with Crippen molar-refractivity contribution < 1.29 is 9.53 Å². The first kappa shape index (κ1) is 12.2. The van der Waals surface area contributed by atoms with Gasteiger partial charge in [0, 0.05) is 0 Å². The Kier molecular flexibility index (Phi) is 5.44. The Bertz CT molecular complexity index is 161. The highest BCUT2D eigenvalue weighted by Gasteiger charge is 2.17. The predicted molar refractivity (Wildman–Crippen MR) is 54.4 cm³/mol. The van der Waals surface area contributed by atoms with E-state index in [-0.39, 0.29) is 5.60 Å². The van der Waals surface area contributed by atoms with Crippen molar-refractivity contribution in [2.45, 2.75) is 45.6 Å². The lowest BCUT2D eigenvalue weighted by molar-refractivity contribution is -0.140. The van der Waals surface area contributed by atoms with Crippen LogP contribution in [0.2, 0.25) is 0 Å². The summed E-state index contributed by atoms with van der Waals surface area (Å²) in [4.78, 5) is 10.1. The summed E-state index contributed by atoms with van der Waals surface area (Å²) < 4.78 is 4.94. The molecule has 0 N–H and O–H groups in total. The molecule has 0 saturated heterocycles. The molecular formula is C11H20O2. The molecule has 0 bridgehead atoms. The zero-order valence-electron chi connectivity index (χ0n) is 8.88. The number of carbonyl (C=O) groups is 1. The molecule has 2 heteroatoms. The van der Waals surface area contributed by atoms with E-state index in [1.165, 1.54) is 0 Å². The Labute approximate surface area is 81.0 Å². The molecule has 1 unspecified atom stereocenters. The molecule has 0 radical (unpaired) electrons. The fourth-order valence-corrected chi connectivity index (χ4v) is 1.16. The van der Waals surface area contributed by atoms with Crippen molar-refractivity contribution in [2.24, 2.45) is 5.92 Å². The van der Waals surface area contributed by atoms with Crippen molar-refractivity contribution in [3.63, 3.8) is 0 Å². The molecule has 0 rings (SSSR count). The van der Waals surface area contributed by atoms with Crippen LogP contribution in [0, 0.1) is 5.92 Å². The van der Waals surface area contributed by atoms with E-state index < -0.39 is 0 Å². The Morgan fingerprint density at radius 3 is 2.62 bits per heavy atom. The number of carbonyl (C=O) groups excluding carboxylic acids is 1. The van der Waals surface area contributed by atoms with E-state index in [2.05, 4.69) is 13.5 Å². The Hall–Kier alpha value is -0.790. The van der Waals surface area contributed by atoms with E-state index in [1.807, 2.05) is 19.9 Å². The van der Waals surface area contributed by atoms with E-state index in [9.17, 15) is 4.79 Å². The van der Waals surface area contributed by atoms with Gasteiger partial charge in [-0.3, -0.25) is 4.79 Å². The van der Waals surface area contributed by atoms with Gasteiger partial charge in [-0.05, 0) is 39.0 Å². The average Bonchev–Trinajstić information content (AvgIpc) is 2.03. The van der Waals surface area contributed by atoms with E-state index >= 15 is 0 Å². The van der Waals surface area contributed by atoms with Crippen LogP contribution in [0.1, 0.15) is 40.0 Å². The number of allylic oxidation sites excluding steroid dienone is 1. The molecule has 0 heterocycles. The van der Waals surface area contributed by atoms with E-state index in [0.29, 0.717) is 12.4 Å². The maximum Gasteiger partial charge on any atom is 0.293 e. The average molecular weight is 184 g/mol. The van der Waals surface area contributed by atoms with Crippen LogP contribution in [0.3, 0.4) is 0 Å². The lowest BCUT2D eigenvalue weighted by Gasteiger charge is -2.22. The molecule has 0 aliphatic rings. The van der Waals surface area contributed by atoms with Crippen molar-refractivity contribution in [1.82, 2.24) is 0 Å². The fourth-order valence-electron chi connectivity index (χ4n) is 1.16. The second-order valence-corrected chi connectivity index (χ2v) is 4.08. The molecule has 0 aliphatic carbocycles. The lowest BCUT2D eigenvalue weighted by atomic mass is 9.97. The van der Waals surface area contributed by atoms with Gasteiger partial charge in [0.15, 0.2) is 0 Å². The highest BCUT2D eigenvalue weighted by Crippen LogP contribution is 2.19. The highest BCUT2D eigenvalue weighted by atomic mass is 16.5. The van der Waals surface area contributed by atoms with E-state index in [0.717, 1.165) is 19.3 Å². The summed E-state index contributed by atoms with van der Waals surface area (Å²) in [7, 11) is 0. The van der Waals surface area contributed by atoms with Crippen LogP contribution in [0.25, 0.3) is 0 Å². The van der Waals surface area contributed by atoms with E-state index in [1.54, 1.807) is 0 Å². The summed E-state index contributed by atoms with van der Waals surface area (Å²) in [5, 5.41) is 0. The highest BCUT2D eigenvalue weighted by molar-refractivity contribution is 5.38. The largest absolute Gasteiger partial charge is 0.462 e. The van der Waals surface area contributed by atoms with E-state index in [4.69, 9.17) is 4.74 Å². The minimum absolute atomic E-state index is 0.317. The van der Waals surface area contributed by atoms with Gasteiger partial charge in [-0.25, -0.2) is 0 Å². The van der Waals surface area contributed by atoms with Crippen LogP contribution in [0.15, 0.2) is 12.7 Å². The minimum atomic E-state index is -0.317. The van der Waals surface area contributed by atoms with Crippen LogP contribution in [0.4, 0.5) is 0 Å². The quantitative estimate of drug-likeness (QED) is 0.449. The van der Waals surface area contributed by atoms with Crippen molar-refractivity contribution >= 4 is 6.47 Å². The zero-order chi connectivity index (χ0) is 10.3. The molecule has 76 valence electrons. The number of hydrogen-bond donors (Lipinski definition) is 0. The van der Waals surface area contributed by atoms with Gasteiger partial charge in [0.2, 0.25) is 0 Å². The standard InChI is InChI=1S/C11H20O2/c1-5-10(2)7-6-8-11(3,4)13-9-12/h5,9-10H,1,6-8H2,2-4H3. The van der Waals surface area contributed by atoms with Crippen molar-refractivity contribution in [2.75, 3.05) is 0 Å². The van der Waals surface area contributed by atoms with Gasteiger partial charge in [-0.2, -0.15) is 0 Å². The summed E-state index contributed by atoms with van der Waals surface area (Å²) in [5.41, 5.74) is -0.317. The van der Waals surface area contributed by atoms with Crippen LogP contribution in [-0.2, 0) is 9.53 Å². The first-order valence-electron chi connectivity index (χ1n) is 4.76. The summed E-state index contributed by atoms with van der Waals surface area (Å²) in [6, 6.07) is 0. The summed E-state index contributed by atoms with van der Waals surface area (Å²) in [6.07, 6.45) is 5.03. The minimum Gasteiger partial charge on any atom is -0.462 e. The lowest BCUT2D eigenvalue weighted by Crippen LogP contribution is -2.23. The smallest absolute Gasteiger partial charge is 0.293 e. The van der Waals surface area contributed by atoms with Gasteiger partial charge >= 0.3 is 0 Å². The first-order valence-corrected chi connectivity index (χ1v) is 4.76. The van der Waals surface area contributed by atoms with Crippen molar-refractivity contribution in [1.29, 1.82) is 0 Å². The summed E-state index contributed by atoms with van der Waals surface area (Å²) in [6.45, 7) is 10.2. The van der Waals surface area contributed by atoms with Crippen LogP contribution in [-0.4, -0.2) is 12.1 Å². The SMILES string of the molecule is C=CC(C)CCCC(C)(C)OC=O. The molecular weight excluding hydrogens is 164 g/mol. The van der Waals surface area contributed by atoms with Gasteiger partial charge in [-0.1, -0.05) is 13.0 Å². The molecule has 2 nitrogen and oxygen atoms in total. The van der Waals surface area contributed by atoms with Crippen LogP contribution < -0.4 is 0 Å². The summed E-state index contributed by atoms with van der Waals surface area (Å²) >= 11 is 0. The molecule has 0 aliphatic heterocycles. The Morgan fingerprint density at radius 1 is 1.54 bits per heavy atom. The second-order valence-electron chi connectivity index (χ2n) is 4.08. The molecule has 0 fully saturated rings. The van der Waals surface area contributed by atoms with Gasteiger partial charge in [-0.15, -0.1) is 6.58 Å². The molecule has 0 amide bonds. The first-order chi connectivity index (χ1) is 6.02. The van der Waals surface area contributed by atoms with Gasteiger partial charge < -0.3 is 4.74 Å². The van der Waals surface area contributed by atoms with Crippen LogP contribution >= 0.6 is 0 Å². The number of rotatable bonds is 7. The van der Waals surface area contributed by atoms with Crippen molar-refractivity contribution in [3.8, 4) is 0 Å². The fraction of sp³-hybridized carbons (Fsp3) is 0.727. The van der Waals surface area contributed by atoms with Gasteiger partial charge in [0.25, 0.3) is 6.47 Å². The third kappa shape index (κ3) is 6.38. The molecule has 1 atom stereocenters. The normalized spacial score (nSPS) is 13.5. The third-order valence-corrected chi connectivity index (χ3v) is 2.21. The zero-order valence-corrected chi connectivity index (χ0v) is 8.88. The van der Waals surface area contributed by atoms with Gasteiger partial charge in [0.05, 0.1) is 0 Å². The second kappa shape index (κ2) is 5.79. The maximum atomic E-state index is 10.1. The summed E-state index contributed by atoms with van der Waals surface area (Å²) in [5.74, 6) is 0.548. The topological polar surface area (TPSA) is 26.3 Å². The molecule has 0 saturated carbocycles. The van der Waals surface area contributed by atoms with Gasteiger partial charge in [0.1, 0.15) is 5.60 Å². The van der Waals surface area contributed by atoms with Crippen molar-refractivity contribution in [3.05, 3.63) is 12.7 Å². The molecule has 0 aromatic rings. The monoisotopic (exact) mass is 184 g/mol. The Balaban J connectivity index is 3.62. The maximum absolute atomic E-state index is 10.1. The van der Waals surface area contributed by atoms with Crippen LogP contribution in [0.5, 0.6) is 0 Å². The third-order valence-electron chi connectivity index (χ3n) is 2.21. The molecule has 13 heavy (non-hydrogen) atoms. The number of hydrogen-bond acceptors (Lipinski definition) is 2. The predicted octanol–water partition coefficient (Wildman–Crippen LogP) is 2.93. The number of ether oxygens (including phenoxy) is 1.